The van der Waals surface area contributed by atoms with Crippen molar-refractivity contribution in [2.24, 2.45) is 0 Å². The number of imide groups is 1. The fourth-order valence-electron chi connectivity index (χ4n) is 1.91. The van der Waals surface area contributed by atoms with Gasteiger partial charge in [0.1, 0.15) is 0 Å². The third-order valence-electron chi connectivity index (χ3n) is 2.91. The van der Waals surface area contributed by atoms with E-state index >= 15 is 0 Å². The van der Waals surface area contributed by atoms with E-state index in [-0.39, 0.29) is 19.0 Å². The summed E-state index contributed by atoms with van der Waals surface area (Å²) in [5.74, 6) is 0. The van der Waals surface area contributed by atoms with Crippen LogP contribution in [0, 0.1) is 0 Å². The van der Waals surface area contributed by atoms with E-state index in [2.05, 4.69) is 10.6 Å². The van der Waals surface area contributed by atoms with Gasteiger partial charge in [-0.05, 0) is 11.1 Å². The van der Waals surface area contributed by atoms with Gasteiger partial charge in [-0.2, -0.15) is 0 Å². The highest BCUT2D eigenvalue weighted by molar-refractivity contribution is 5.94. The van der Waals surface area contributed by atoms with Gasteiger partial charge in [-0.3, -0.25) is 4.79 Å². The summed E-state index contributed by atoms with van der Waals surface area (Å²) >= 11 is 0. The highest BCUT2D eigenvalue weighted by Crippen LogP contribution is 2.09. The number of carbonyl (C=O) groups excluding carboxylic acids is 3. The van der Waals surface area contributed by atoms with Crippen molar-refractivity contribution < 1.29 is 14.4 Å². The lowest BCUT2D eigenvalue weighted by Crippen LogP contribution is -2.41. The Labute approximate surface area is 110 Å². The van der Waals surface area contributed by atoms with E-state index in [0.29, 0.717) is 13.1 Å². The molecular weight excluding hydrogens is 246 g/mol. The number of hydrogen-bond donors (Lipinski definition) is 2. The highest BCUT2D eigenvalue weighted by Gasteiger charge is 2.25. The third kappa shape index (κ3) is 3.09. The lowest BCUT2D eigenvalue weighted by molar-refractivity contribution is 0.198. The van der Waals surface area contributed by atoms with Gasteiger partial charge in [-0.25, -0.2) is 14.5 Å². The van der Waals surface area contributed by atoms with Crippen LogP contribution in [0.1, 0.15) is 11.1 Å². The highest BCUT2D eigenvalue weighted by atomic mass is 16.2. The van der Waals surface area contributed by atoms with Crippen molar-refractivity contribution in [3.05, 3.63) is 35.4 Å². The summed E-state index contributed by atoms with van der Waals surface area (Å²) in [4.78, 5) is 34.6. The molecule has 1 aromatic rings. The Morgan fingerprint density at radius 3 is 2.74 bits per heavy atom. The average Bonchev–Trinajstić information content (AvgIpc) is 2.84. The number of carbonyl (C=O) groups is 2. The van der Waals surface area contributed by atoms with Gasteiger partial charge in [0.25, 0.3) is 0 Å². The van der Waals surface area contributed by atoms with Crippen LogP contribution in [0.25, 0.3) is 0 Å². The smallest absolute Gasteiger partial charge is 0.325 e. The van der Waals surface area contributed by atoms with Crippen molar-refractivity contribution in [1.82, 2.24) is 15.5 Å². The molecule has 0 saturated carbocycles. The molecule has 6 heteroatoms. The molecule has 1 fully saturated rings. The number of amides is 4. The number of nitrogens with zero attached hydrogens (tertiary/aromatic N) is 1. The van der Waals surface area contributed by atoms with Crippen LogP contribution in [-0.2, 0) is 17.8 Å². The Morgan fingerprint density at radius 1 is 1.37 bits per heavy atom. The van der Waals surface area contributed by atoms with Crippen molar-refractivity contribution in [3.63, 3.8) is 0 Å². The summed E-state index contributed by atoms with van der Waals surface area (Å²) in [6.07, 6.45) is 2.03. The Kier molecular flexibility index (Phi) is 4.12. The molecule has 2 N–H and O–H groups in total. The predicted molar refractivity (Wildman–Crippen MR) is 68.2 cm³/mol. The molecule has 1 heterocycles. The number of rotatable bonds is 4. The molecule has 99 valence electrons. The van der Waals surface area contributed by atoms with E-state index in [4.69, 9.17) is 0 Å². The molecule has 4 amide bonds. The van der Waals surface area contributed by atoms with Crippen molar-refractivity contribution in [3.8, 4) is 0 Å². The maximum absolute atomic E-state index is 11.8. The van der Waals surface area contributed by atoms with Crippen LogP contribution in [0.5, 0.6) is 0 Å². The molecule has 6 nitrogen and oxygen atoms in total. The van der Waals surface area contributed by atoms with E-state index in [1.165, 1.54) is 0 Å². The van der Waals surface area contributed by atoms with Gasteiger partial charge in [-0.1, -0.05) is 24.3 Å². The minimum atomic E-state index is -0.431. The van der Waals surface area contributed by atoms with Gasteiger partial charge in [-0.15, -0.1) is 0 Å². The molecular formula is C13H14N3O3. The third-order valence-corrected chi connectivity index (χ3v) is 2.91. The van der Waals surface area contributed by atoms with Crippen LogP contribution in [0.3, 0.4) is 0 Å². The number of urea groups is 2. The van der Waals surface area contributed by atoms with Crippen LogP contribution in [-0.4, -0.2) is 36.3 Å². The summed E-state index contributed by atoms with van der Waals surface area (Å²) in [6, 6.07) is 6.49. The predicted octanol–water partition coefficient (Wildman–Crippen LogP) is 0.574. The maximum Gasteiger partial charge on any atom is 0.325 e. The van der Waals surface area contributed by atoms with Gasteiger partial charge >= 0.3 is 12.1 Å². The van der Waals surface area contributed by atoms with Gasteiger partial charge in [0.15, 0.2) is 0 Å². The average molecular weight is 260 g/mol. The van der Waals surface area contributed by atoms with Crippen LogP contribution in [0.4, 0.5) is 9.59 Å². The van der Waals surface area contributed by atoms with Crippen molar-refractivity contribution >= 4 is 18.3 Å². The normalized spacial score (nSPS) is 14.1. The fraction of sp³-hybridized carbons (Fsp3) is 0.308. The van der Waals surface area contributed by atoms with Crippen molar-refractivity contribution in [1.29, 1.82) is 0 Å². The molecule has 0 unspecified atom stereocenters. The van der Waals surface area contributed by atoms with Gasteiger partial charge in [0, 0.05) is 26.1 Å². The maximum atomic E-state index is 11.8. The molecule has 0 spiro atoms. The summed E-state index contributed by atoms with van der Waals surface area (Å²) in [7, 11) is 0. The lowest BCUT2D eigenvalue weighted by atomic mass is 10.1. The second-order valence-corrected chi connectivity index (χ2v) is 4.13. The Morgan fingerprint density at radius 2 is 2.11 bits per heavy atom. The minimum absolute atomic E-state index is 0.191. The first-order valence-electron chi connectivity index (χ1n) is 5.97. The zero-order chi connectivity index (χ0) is 13.7. The standard InChI is InChI=1S/C13H14N3O3/c17-8-5-10-3-1-2-4-11(10)9-15-13(19)16-7-6-14-12(16)18/h1-4H,5-7,9H2,(H,14,18)(H,15,19). The van der Waals surface area contributed by atoms with Crippen LogP contribution in [0.2, 0.25) is 0 Å². The summed E-state index contributed by atoms with van der Waals surface area (Å²) in [5, 5.41) is 5.22. The van der Waals surface area contributed by atoms with Crippen molar-refractivity contribution in [2.45, 2.75) is 13.0 Å². The molecule has 0 bridgehead atoms. The second-order valence-electron chi connectivity index (χ2n) is 4.13. The fourth-order valence-corrected chi connectivity index (χ4v) is 1.91. The number of hydrogen-bond acceptors (Lipinski definition) is 3. The first kappa shape index (κ1) is 13.1. The van der Waals surface area contributed by atoms with Gasteiger partial charge in [0.05, 0.1) is 0 Å². The second kappa shape index (κ2) is 5.99. The number of nitrogens with one attached hydrogen (secondary N) is 2. The summed E-state index contributed by atoms with van der Waals surface area (Å²) < 4.78 is 0. The molecule has 0 aliphatic carbocycles. The Bertz CT molecular complexity index is 502. The molecule has 1 saturated heterocycles. The summed E-state index contributed by atoms with van der Waals surface area (Å²) in [6.45, 7) is 1.12. The van der Waals surface area contributed by atoms with Crippen LogP contribution in [0.15, 0.2) is 24.3 Å². The molecule has 0 aromatic heterocycles. The minimum Gasteiger partial charge on any atom is -0.336 e. The van der Waals surface area contributed by atoms with E-state index < -0.39 is 6.03 Å². The van der Waals surface area contributed by atoms with E-state index in [1.807, 2.05) is 30.6 Å². The van der Waals surface area contributed by atoms with Gasteiger partial charge < -0.3 is 10.6 Å². The SMILES string of the molecule is O=[C]Cc1ccccc1CNC(=O)N1CCNC1=O. The monoisotopic (exact) mass is 260 g/mol. The zero-order valence-corrected chi connectivity index (χ0v) is 10.3. The molecule has 1 aromatic carbocycles. The van der Waals surface area contributed by atoms with Crippen LogP contribution >= 0.6 is 0 Å². The van der Waals surface area contributed by atoms with E-state index in [1.54, 1.807) is 0 Å². The zero-order valence-electron chi connectivity index (χ0n) is 10.3. The molecule has 1 aliphatic heterocycles. The topological polar surface area (TPSA) is 78.5 Å². The molecule has 1 aliphatic rings. The molecule has 0 atom stereocenters. The van der Waals surface area contributed by atoms with Crippen molar-refractivity contribution in [2.75, 3.05) is 13.1 Å². The Balaban J connectivity index is 1.96. The first-order chi connectivity index (χ1) is 9.22. The van der Waals surface area contributed by atoms with E-state index in [9.17, 15) is 14.4 Å². The first-order valence-corrected chi connectivity index (χ1v) is 5.97. The lowest BCUT2D eigenvalue weighted by Gasteiger charge is -2.14. The largest absolute Gasteiger partial charge is 0.336 e. The quantitative estimate of drug-likeness (QED) is 0.831. The molecule has 1 radical (unpaired) electrons. The Hall–Kier alpha value is -2.37. The number of benzene rings is 1. The van der Waals surface area contributed by atoms with Gasteiger partial charge in [0.2, 0.25) is 6.29 Å². The molecule has 2 rings (SSSR count). The van der Waals surface area contributed by atoms with E-state index in [0.717, 1.165) is 16.0 Å². The molecule has 19 heavy (non-hydrogen) atoms. The van der Waals surface area contributed by atoms with Crippen LogP contribution < -0.4 is 10.6 Å². The summed E-state index contributed by atoms with van der Waals surface area (Å²) in [5.41, 5.74) is 1.67.